The van der Waals surface area contributed by atoms with Gasteiger partial charge in [-0.3, -0.25) is 0 Å². The van der Waals surface area contributed by atoms with Gasteiger partial charge in [0.2, 0.25) is 0 Å². The molecule has 0 spiro atoms. The number of para-hydroxylation sites is 2. The number of nitrogens with zero attached hydrogens (tertiary/aromatic N) is 4. The molecule has 0 saturated carbocycles. The molecule has 386 valence electrons. The molecule has 4 aliphatic rings. The minimum absolute atomic E-state index is 0.0434. The molecule has 11 rings (SSSR count). The first-order valence-corrected chi connectivity index (χ1v) is 27.8. The molecule has 7 aromatic rings. The average molecular weight is 999 g/mol. The van der Waals surface area contributed by atoms with E-state index in [0.29, 0.717) is 0 Å². The van der Waals surface area contributed by atoms with Gasteiger partial charge in [0.1, 0.15) is 0 Å². The first kappa shape index (κ1) is 50.8. The lowest BCUT2D eigenvalue weighted by Gasteiger charge is -2.56. The number of hydrogen-bond donors (Lipinski definition) is 0. The molecule has 2 heterocycles. The fraction of sp³-hybridized carbons (Fsp3) is 0.306. The third kappa shape index (κ3) is 9.02. The standard InChI is InChI=1S/C72H78N4/c1-68(2,3)49-29-35-55(36-30-49)73(52-23-17-14-18-24-52)58-41-43-65-61(45-58)71(10,11)63-47-60(75(54-27-21-16-22-28-54)57-39-33-51(34-40-57)70(7,8)9)48-64-67(63)76(65)66-44-42-59(46-62(66)72(64,12)13)74(53-25-19-15-20-26-53)56-37-31-50(32-38-56)69(4,5)6/h14-19,21-25,27-47,64H,20,26,48H2,1-13H3. The number of anilines is 9. The number of benzene rings is 7. The van der Waals surface area contributed by atoms with Gasteiger partial charge in [-0.15, -0.1) is 0 Å². The van der Waals surface area contributed by atoms with Crippen molar-refractivity contribution in [1.29, 1.82) is 0 Å². The Hall–Kier alpha value is -7.30. The number of fused-ring (bicyclic) bond motifs is 4. The average Bonchev–Trinajstić information content (AvgIpc) is 3.49. The van der Waals surface area contributed by atoms with Crippen molar-refractivity contribution < 1.29 is 0 Å². The molecule has 4 heteroatoms. The molecule has 0 saturated heterocycles. The van der Waals surface area contributed by atoms with Crippen LogP contribution in [-0.4, -0.2) is 0 Å². The molecule has 2 aliphatic carbocycles. The molecule has 1 unspecified atom stereocenters. The normalized spacial score (nSPS) is 17.5. The first-order chi connectivity index (χ1) is 36.1. The van der Waals surface area contributed by atoms with E-state index in [1.165, 1.54) is 84.6 Å². The molecule has 0 bridgehead atoms. The van der Waals surface area contributed by atoms with E-state index in [4.69, 9.17) is 0 Å². The van der Waals surface area contributed by atoms with Crippen LogP contribution in [0.1, 0.15) is 137 Å². The molecule has 0 radical (unpaired) electrons. The molecule has 7 aromatic carbocycles. The third-order valence-corrected chi connectivity index (χ3v) is 17.0. The molecular formula is C72H78N4. The summed E-state index contributed by atoms with van der Waals surface area (Å²) in [6.07, 6.45) is 12.3. The largest absolute Gasteiger partial charge is 0.314 e. The van der Waals surface area contributed by atoms with Gasteiger partial charge in [-0.2, -0.15) is 0 Å². The Morgan fingerprint density at radius 3 is 1.33 bits per heavy atom. The summed E-state index contributed by atoms with van der Waals surface area (Å²) >= 11 is 0. The maximum absolute atomic E-state index is 2.68. The lowest BCUT2D eigenvalue weighted by Crippen LogP contribution is -2.48. The highest BCUT2D eigenvalue weighted by molar-refractivity contribution is 5.88. The van der Waals surface area contributed by atoms with Crippen LogP contribution in [0.15, 0.2) is 217 Å². The Balaban J connectivity index is 1.13. The van der Waals surface area contributed by atoms with Crippen molar-refractivity contribution in [3.63, 3.8) is 0 Å². The van der Waals surface area contributed by atoms with Gasteiger partial charge in [0.15, 0.2) is 0 Å². The second-order valence-electron chi connectivity index (χ2n) is 26.0. The van der Waals surface area contributed by atoms with Gasteiger partial charge in [0.05, 0.1) is 5.69 Å². The van der Waals surface area contributed by atoms with Crippen LogP contribution in [0.4, 0.5) is 51.2 Å². The van der Waals surface area contributed by atoms with Crippen molar-refractivity contribution in [3.8, 4) is 0 Å². The highest BCUT2D eigenvalue weighted by Gasteiger charge is 2.52. The molecule has 0 N–H and O–H groups in total. The summed E-state index contributed by atoms with van der Waals surface area (Å²) in [6, 6.07) is 64.5. The molecule has 4 nitrogen and oxygen atoms in total. The zero-order chi connectivity index (χ0) is 53.5. The number of allylic oxidation sites excluding steroid dienone is 8. The highest BCUT2D eigenvalue weighted by Crippen LogP contribution is 2.63. The second kappa shape index (κ2) is 18.8. The van der Waals surface area contributed by atoms with Gasteiger partial charge >= 0.3 is 0 Å². The van der Waals surface area contributed by atoms with Crippen LogP contribution in [0.25, 0.3) is 0 Å². The van der Waals surface area contributed by atoms with Crippen molar-refractivity contribution in [2.24, 2.45) is 5.92 Å². The summed E-state index contributed by atoms with van der Waals surface area (Å²) in [5.41, 5.74) is 22.3. The number of hydrogen-bond acceptors (Lipinski definition) is 4. The molecule has 1 atom stereocenters. The van der Waals surface area contributed by atoms with E-state index in [2.05, 4.69) is 304 Å². The zero-order valence-corrected chi connectivity index (χ0v) is 47.5. The molecule has 2 aliphatic heterocycles. The fourth-order valence-electron chi connectivity index (χ4n) is 12.4. The summed E-state index contributed by atoms with van der Waals surface area (Å²) in [4.78, 5) is 10.2. The monoisotopic (exact) mass is 999 g/mol. The Bertz CT molecular complexity index is 3420. The lowest BCUT2D eigenvalue weighted by molar-refractivity contribution is 0.332. The Morgan fingerprint density at radius 1 is 0.447 bits per heavy atom. The maximum Gasteiger partial charge on any atom is 0.0501 e. The maximum atomic E-state index is 2.68. The van der Waals surface area contributed by atoms with Gasteiger partial charge in [0, 0.05) is 79.3 Å². The van der Waals surface area contributed by atoms with Crippen molar-refractivity contribution in [3.05, 3.63) is 245 Å². The highest BCUT2D eigenvalue weighted by atomic mass is 15.2. The topological polar surface area (TPSA) is 13.0 Å². The van der Waals surface area contributed by atoms with E-state index in [1.54, 1.807) is 0 Å². The van der Waals surface area contributed by atoms with Crippen LogP contribution in [0.2, 0.25) is 0 Å². The van der Waals surface area contributed by atoms with Gasteiger partial charge in [0.25, 0.3) is 0 Å². The van der Waals surface area contributed by atoms with E-state index in [1.807, 2.05) is 0 Å². The van der Waals surface area contributed by atoms with E-state index in [0.717, 1.165) is 36.3 Å². The zero-order valence-electron chi connectivity index (χ0n) is 47.5. The van der Waals surface area contributed by atoms with E-state index >= 15 is 0 Å². The van der Waals surface area contributed by atoms with E-state index < -0.39 is 0 Å². The minimum Gasteiger partial charge on any atom is -0.314 e. The predicted octanol–water partition coefficient (Wildman–Crippen LogP) is 20.1. The van der Waals surface area contributed by atoms with Crippen molar-refractivity contribution in [2.45, 2.75) is 136 Å². The fourth-order valence-corrected chi connectivity index (χ4v) is 12.4. The van der Waals surface area contributed by atoms with Crippen molar-refractivity contribution >= 4 is 51.2 Å². The van der Waals surface area contributed by atoms with Crippen LogP contribution >= 0.6 is 0 Å². The van der Waals surface area contributed by atoms with Crippen LogP contribution in [0.5, 0.6) is 0 Å². The lowest BCUT2D eigenvalue weighted by atomic mass is 9.59. The SMILES string of the molecule is CC(C)(C)c1ccc(N(C2=CC=CCC2)c2ccc3c(c2)C(C)(C)C2CC(N(c4ccccc4)c4ccc(C(C)(C)C)cc4)=CC4=C2N3c2ccc(N(c3ccccc3)c3ccc(C(C)(C)C)cc3)cc2C4(C)C)cc1. The summed E-state index contributed by atoms with van der Waals surface area (Å²) in [6.45, 7) is 30.7. The molecular weight excluding hydrogens is 921 g/mol. The Labute approximate surface area is 455 Å². The van der Waals surface area contributed by atoms with Crippen LogP contribution in [0.3, 0.4) is 0 Å². The number of rotatable bonds is 9. The molecule has 0 aromatic heterocycles. The van der Waals surface area contributed by atoms with Gasteiger partial charge < -0.3 is 19.6 Å². The second-order valence-corrected chi connectivity index (χ2v) is 26.0. The third-order valence-electron chi connectivity index (χ3n) is 17.0. The van der Waals surface area contributed by atoms with Crippen LogP contribution in [0, 0.1) is 5.92 Å². The van der Waals surface area contributed by atoms with Crippen LogP contribution < -0.4 is 19.6 Å². The van der Waals surface area contributed by atoms with Crippen LogP contribution in [-0.2, 0) is 27.1 Å². The quantitative estimate of drug-likeness (QED) is 0.143. The van der Waals surface area contributed by atoms with Gasteiger partial charge in [-0.25, -0.2) is 0 Å². The molecule has 76 heavy (non-hydrogen) atoms. The van der Waals surface area contributed by atoms with E-state index in [9.17, 15) is 0 Å². The van der Waals surface area contributed by atoms with Gasteiger partial charge in [-0.1, -0.05) is 175 Å². The Morgan fingerprint density at radius 2 is 0.855 bits per heavy atom. The smallest absolute Gasteiger partial charge is 0.0501 e. The Kier molecular flexibility index (Phi) is 12.6. The molecule has 0 amide bonds. The van der Waals surface area contributed by atoms with E-state index in [-0.39, 0.29) is 33.0 Å². The predicted molar refractivity (Wildman–Crippen MR) is 325 cm³/mol. The molecule has 0 fully saturated rings. The summed E-state index contributed by atoms with van der Waals surface area (Å²) in [7, 11) is 0. The summed E-state index contributed by atoms with van der Waals surface area (Å²) in [5, 5.41) is 0. The minimum atomic E-state index is -0.373. The van der Waals surface area contributed by atoms with Crippen molar-refractivity contribution in [2.75, 3.05) is 19.6 Å². The van der Waals surface area contributed by atoms with Crippen molar-refractivity contribution in [1.82, 2.24) is 0 Å². The van der Waals surface area contributed by atoms with Gasteiger partial charge in [-0.05, 0) is 178 Å². The summed E-state index contributed by atoms with van der Waals surface area (Å²) in [5.74, 6) is 0.149. The first-order valence-electron chi connectivity index (χ1n) is 27.8. The summed E-state index contributed by atoms with van der Waals surface area (Å²) < 4.78 is 0.